The number of anilines is 1. The molecule has 0 aliphatic rings. The number of hydrogen-bond donors (Lipinski definition) is 1. The average Bonchev–Trinajstić information content (AvgIpc) is 2.88. The van der Waals surface area contributed by atoms with E-state index in [0.29, 0.717) is 6.54 Å². The van der Waals surface area contributed by atoms with Gasteiger partial charge in [0.15, 0.2) is 0 Å². The van der Waals surface area contributed by atoms with Crippen molar-refractivity contribution in [2.45, 2.75) is 13.8 Å². The van der Waals surface area contributed by atoms with Crippen LogP contribution in [0.1, 0.15) is 22.3 Å². The summed E-state index contributed by atoms with van der Waals surface area (Å²) in [5.74, 6) is 0. The summed E-state index contributed by atoms with van der Waals surface area (Å²) < 4.78 is 0. The molecule has 1 N–H and O–H groups in total. The summed E-state index contributed by atoms with van der Waals surface area (Å²) in [6.07, 6.45) is 4.31. The molecule has 0 unspecified atom stereocenters. The zero-order valence-electron chi connectivity index (χ0n) is 19.6. The normalized spacial score (nSPS) is 11.5. The third kappa shape index (κ3) is 4.77. The van der Waals surface area contributed by atoms with Crippen LogP contribution < -0.4 is 5.32 Å². The molecule has 0 spiro atoms. The van der Waals surface area contributed by atoms with Crippen molar-refractivity contribution in [1.29, 1.82) is 0 Å². The fourth-order valence-corrected chi connectivity index (χ4v) is 4.26. The van der Waals surface area contributed by atoms with Crippen molar-refractivity contribution in [3.8, 4) is 11.1 Å². The van der Waals surface area contributed by atoms with E-state index in [2.05, 4.69) is 116 Å². The highest BCUT2D eigenvalue weighted by Gasteiger charge is 2.15. The van der Waals surface area contributed by atoms with Crippen molar-refractivity contribution in [1.82, 2.24) is 4.98 Å². The first-order valence-corrected chi connectivity index (χ1v) is 11.7. The van der Waals surface area contributed by atoms with E-state index in [9.17, 15) is 0 Å². The van der Waals surface area contributed by atoms with Crippen LogP contribution in [0.5, 0.6) is 0 Å². The van der Waals surface area contributed by atoms with Gasteiger partial charge < -0.3 is 5.32 Å². The van der Waals surface area contributed by atoms with Crippen molar-refractivity contribution in [2.24, 2.45) is 0 Å². The van der Waals surface area contributed by atoms with Gasteiger partial charge in [0, 0.05) is 34.9 Å². The molecule has 0 fully saturated rings. The number of benzene rings is 4. The minimum atomic E-state index is 0.691. The second-order valence-electron chi connectivity index (χ2n) is 8.73. The molecule has 5 rings (SSSR count). The number of aromatic nitrogens is 1. The van der Waals surface area contributed by atoms with Gasteiger partial charge >= 0.3 is 0 Å². The van der Waals surface area contributed by atoms with Crippen LogP contribution in [0.2, 0.25) is 0 Å². The third-order valence-corrected chi connectivity index (χ3v) is 6.14. The molecule has 166 valence electrons. The van der Waals surface area contributed by atoms with Gasteiger partial charge in [-0.05, 0) is 54.8 Å². The standard InChI is InChI=1S/C32H28N2/c1-23-12-16-25(17-13-23)20-27(21-33-28-8-4-3-5-9-28)30-22-34-31-11-7-6-10-29(31)32(30)26-18-14-24(2)15-19-26/h3-20,22,33H,21H2,1-2H3/b27-20+. The van der Waals surface area contributed by atoms with E-state index in [-0.39, 0.29) is 0 Å². The molecule has 0 saturated heterocycles. The molecule has 5 aromatic rings. The molecule has 1 aromatic heterocycles. The molecule has 0 aliphatic carbocycles. The Morgan fingerprint density at radius 1 is 0.735 bits per heavy atom. The van der Waals surface area contributed by atoms with E-state index in [1.807, 2.05) is 18.3 Å². The minimum absolute atomic E-state index is 0.691. The van der Waals surface area contributed by atoms with Crippen LogP contribution >= 0.6 is 0 Å². The van der Waals surface area contributed by atoms with Gasteiger partial charge in [0.1, 0.15) is 0 Å². The SMILES string of the molecule is Cc1ccc(/C=C(\CNc2ccccc2)c2cnc3ccccc3c2-c2ccc(C)cc2)cc1. The maximum atomic E-state index is 4.85. The number of aryl methyl sites for hydroxylation is 2. The second-order valence-corrected chi connectivity index (χ2v) is 8.73. The van der Waals surface area contributed by atoms with Gasteiger partial charge in [-0.2, -0.15) is 0 Å². The van der Waals surface area contributed by atoms with Gasteiger partial charge in [-0.1, -0.05) is 96.1 Å². The number of fused-ring (bicyclic) bond motifs is 1. The molecular weight excluding hydrogens is 412 g/mol. The summed E-state index contributed by atoms with van der Waals surface area (Å²) in [5.41, 5.74) is 10.6. The highest BCUT2D eigenvalue weighted by atomic mass is 14.9. The Bertz CT molecular complexity index is 1430. The van der Waals surface area contributed by atoms with E-state index in [1.165, 1.54) is 38.8 Å². The van der Waals surface area contributed by atoms with Crippen molar-refractivity contribution in [2.75, 3.05) is 11.9 Å². The molecule has 0 aliphatic heterocycles. The predicted octanol–water partition coefficient (Wildman–Crippen LogP) is 8.17. The number of pyridine rings is 1. The van der Waals surface area contributed by atoms with Crippen LogP contribution in [0.25, 0.3) is 33.7 Å². The maximum absolute atomic E-state index is 4.85. The summed E-state index contributed by atoms with van der Waals surface area (Å²) in [5, 5.41) is 4.78. The van der Waals surface area contributed by atoms with Crippen LogP contribution in [-0.4, -0.2) is 11.5 Å². The van der Waals surface area contributed by atoms with Crippen LogP contribution in [0, 0.1) is 13.8 Å². The summed E-state index contributed by atoms with van der Waals surface area (Å²) in [6.45, 7) is 4.94. The van der Waals surface area contributed by atoms with E-state index in [1.54, 1.807) is 0 Å². The first kappa shape index (κ1) is 21.7. The van der Waals surface area contributed by atoms with Gasteiger partial charge in [0.05, 0.1) is 5.52 Å². The summed E-state index contributed by atoms with van der Waals surface area (Å²) >= 11 is 0. The average molecular weight is 441 g/mol. The predicted molar refractivity (Wildman–Crippen MR) is 146 cm³/mol. The lowest BCUT2D eigenvalue weighted by molar-refractivity contribution is 1.31. The van der Waals surface area contributed by atoms with Gasteiger partial charge in [-0.3, -0.25) is 4.98 Å². The molecule has 0 amide bonds. The lowest BCUT2D eigenvalue weighted by Crippen LogP contribution is -2.06. The van der Waals surface area contributed by atoms with Crippen LogP contribution in [0.3, 0.4) is 0 Å². The van der Waals surface area contributed by atoms with Crippen molar-refractivity contribution < 1.29 is 0 Å². The fourth-order valence-electron chi connectivity index (χ4n) is 4.26. The van der Waals surface area contributed by atoms with Crippen LogP contribution in [0.15, 0.2) is 109 Å². The molecule has 0 radical (unpaired) electrons. The number of hydrogen-bond acceptors (Lipinski definition) is 2. The molecule has 0 saturated carbocycles. The maximum Gasteiger partial charge on any atom is 0.0708 e. The van der Waals surface area contributed by atoms with E-state index < -0.39 is 0 Å². The topological polar surface area (TPSA) is 24.9 Å². The van der Waals surface area contributed by atoms with E-state index >= 15 is 0 Å². The number of nitrogens with one attached hydrogen (secondary N) is 1. The Morgan fingerprint density at radius 2 is 1.38 bits per heavy atom. The van der Waals surface area contributed by atoms with Gasteiger partial charge in [0.25, 0.3) is 0 Å². The molecule has 0 bridgehead atoms. The highest BCUT2D eigenvalue weighted by molar-refractivity contribution is 6.02. The second kappa shape index (κ2) is 9.76. The van der Waals surface area contributed by atoms with Crippen LogP contribution in [-0.2, 0) is 0 Å². The lowest BCUT2D eigenvalue weighted by Gasteiger charge is -2.18. The van der Waals surface area contributed by atoms with Gasteiger partial charge in [-0.25, -0.2) is 0 Å². The molecule has 1 heterocycles. The Morgan fingerprint density at radius 3 is 2.12 bits per heavy atom. The number of para-hydroxylation sites is 2. The quantitative estimate of drug-likeness (QED) is 0.288. The van der Waals surface area contributed by atoms with Crippen molar-refractivity contribution >= 4 is 28.2 Å². The van der Waals surface area contributed by atoms with E-state index in [0.717, 1.165) is 16.8 Å². The molecular formula is C32H28N2. The Hall–Kier alpha value is -4.17. The minimum Gasteiger partial charge on any atom is -0.381 e. The fraction of sp³-hybridized carbons (Fsp3) is 0.0938. The largest absolute Gasteiger partial charge is 0.381 e. The molecule has 34 heavy (non-hydrogen) atoms. The van der Waals surface area contributed by atoms with Crippen LogP contribution in [0.4, 0.5) is 5.69 Å². The summed E-state index contributed by atoms with van der Waals surface area (Å²) in [6, 6.07) is 36.2. The summed E-state index contributed by atoms with van der Waals surface area (Å²) in [4.78, 5) is 4.85. The number of nitrogens with zero attached hydrogens (tertiary/aromatic N) is 1. The van der Waals surface area contributed by atoms with E-state index in [4.69, 9.17) is 4.98 Å². The first-order chi connectivity index (χ1) is 16.7. The third-order valence-electron chi connectivity index (χ3n) is 6.14. The Balaban J connectivity index is 1.69. The Kier molecular flexibility index (Phi) is 6.22. The lowest BCUT2D eigenvalue weighted by atomic mass is 9.91. The van der Waals surface area contributed by atoms with Crippen molar-refractivity contribution in [3.63, 3.8) is 0 Å². The smallest absolute Gasteiger partial charge is 0.0708 e. The zero-order chi connectivity index (χ0) is 23.3. The molecule has 0 atom stereocenters. The van der Waals surface area contributed by atoms with Gasteiger partial charge in [0.2, 0.25) is 0 Å². The monoisotopic (exact) mass is 440 g/mol. The number of rotatable bonds is 6. The Labute approximate surface area is 201 Å². The molecule has 4 aromatic carbocycles. The van der Waals surface area contributed by atoms with Gasteiger partial charge in [-0.15, -0.1) is 0 Å². The summed E-state index contributed by atoms with van der Waals surface area (Å²) in [7, 11) is 0. The first-order valence-electron chi connectivity index (χ1n) is 11.7. The molecule has 2 heteroatoms. The van der Waals surface area contributed by atoms with Crippen molar-refractivity contribution in [3.05, 3.63) is 132 Å². The zero-order valence-corrected chi connectivity index (χ0v) is 19.6. The molecule has 2 nitrogen and oxygen atoms in total. The highest BCUT2D eigenvalue weighted by Crippen LogP contribution is 2.36.